The largest absolute Gasteiger partial charge is 0.382 e. The van der Waals surface area contributed by atoms with E-state index in [9.17, 15) is 8.42 Å². The highest BCUT2D eigenvalue weighted by Gasteiger charge is 2.26. The summed E-state index contributed by atoms with van der Waals surface area (Å²) >= 11 is 5.66. The fourth-order valence-corrected chi connectivity index (χ4v) is 2.77. The van der Waals surface area contributed by atoms with Gasteiger partial charge in [-0.2, -0.15) is 4.68 Å². The molecule has 108 valence electrons. The molecule has 0 fully saturated rings. The number of nitrogens with two attached hydrogens (primary N) is 1. The van der Waals surface area contributed by atoms with Gasteiger partial charge in [0.15, 0.2) is 31.5 Å². The van der Waals surface area contributed by atoms with E-state index in [2.05, 4.69) is 15.3 Å². The average molecular weight is 317 g/mol. The van der Waals surface area contributed by atoms with Gasteiger partial charge < -0.3 is 10.6 Å². The lowest BCUT2D eigenvalue weighted by atomic mass is 10.5. The van der Waals surface area contributed by atoms with E-state index in [0.29, 0.717) is 0 Å². The summed E-state index contributed by atoms with van der Waals surface area (Å²) in [5.41, 5.74) is 5.89. The van der Waals surface area contributed by atoms with Crippen molar-refractivity contribution in [2.24, 2.45) is 0 Å². The Morgan fingerprint density at radius 1 is 1.30 bits per heavy atom. The molecular weight excluding hydrogens is 304 g/mol. The van der Waals surface area contributed by atoms with Crippen molar-refractivity contribution in [2.45, 2.75) is 4.90 Å². The smallest absolute Gasteiger partial charge is 0.182 e. The third kappa shape index (κ3) is 2.54. The van der Waals surface area contributed by atoms with Crippen LogP contribution in [0.1, 0.15) is 0 Å². The fourth-order valence-electron chi connectivity index (χ4n) is 1.65. The molecule has 0 aliphatic heterocycles. The summed E-state index contributed by atoms with van der Waals surface area (Å²) in [6.45, 7) is 0. The first-order chi connectivity index (χ1) is 9.21. The molecule has 2 aromatic heterocycles. The average Bonchev–Trinajstić information content (AvgIpc) is 2.68. The van der Waals surface area contributed by atoms with Crippen molar-refractivity contribution >= 4 is 33.1 Å². The topological polar surface area (TPSA) is 107 Å². The quantitative estimate of drug-likeness (QED) is 0.871. The maximum Gasteiger partial charge on any atom is 0.182 e. The Labute approximate surface area is 121 Å². The van der Waals surface area contributed by atoms with Crippen LogP contribution in [0.2, 0.25) is 5.15 Å². The number of halogens is 1. The van der Waals surface area contributed by atoms with Gasteiger partial charge in [0.2, 0.25) is 0 Å². The van der Waals surface area contributed by atoms with Gasteiger partial charge in [0.1, 0.15) is 5.82 Å². The SMILES string of the molecule is CN(C)c1nn(-c2ccc(Cl)nn2)c(N)c1S(C)(=O)=O. The Hall–Kier alpha value is -1.87. The van der Waals surface area contributed by atoms with Crippen LogP contribution in [-0.2, 0) is 9.84 Å². The molecule has 0 aromatic carbocycles. The molecule has 0 atom stereocenters. The molecular formula is C10H13ClN6O2S. The molecule has 2 heterocycles. The van der Waals surface area contributed by atoms with Gasteiger partial charge in [-0.1, -0.05) is 11.6 Å². The van der Waals surface area contributed by atoms with E-state index >= 15 is 0 Å². The summed E-state index contributed by atoms with van der Waals surface area (Å²) in [6.07, 6.45) is 1.07. The third-order valence-electron chi connectivity index (χ3n) is 2.49. The van der Waals surface area contributed by atoms with Crippen molar-refractivity contribution in [1.82, 2.24) is 20.0 Å². The van der Waals surface area contributed by atoms with E-state index in [1.807, 2.05) is 0 Å². The Morgan fingerprint density at radius 2 is 1.95 bits per heavy atom. The van der Waals surface area contributed by atoms with Gasteiger partial charge in [-0.25, -0.2) is 8.42 Å². The lowest BCUT2D eigenvalue weighted by molar-refractivity contribution is 0.602. The Balaban J connectivity index is 2.71. The molecule has 0 radical (unpaired) electrons. The highest BCUT2D eigenvalue weighted by molar-refractivity contribution is 7.91. The summed E-state index contributed by atoms with van der Waals surface area (Å²) in [4.78, 5) is 1.52. The highest BCUT2D eigenvalue weighted by Crippen LogP contribution is 2.30. The lowest BCUT2D eigenvalue weighted by Gasteiger charge is -2.09. The van der Waals surface area contributed by atoms with Gasteiger partial charge >= 0.3 is 0 Å². The van der Waals surface area contributed by atoms with Crippen LogP contribution in [-0.4, -0.2) is 48.7 Å². The zero-order valence-corrected chi connectivity index (χ0v) is 12.6. The molecule has 0 amide bonds. The van der Waals surface area contributed by atoms with Crippen LogP contribution in [0.25, 0.3) is 5.82 Å². The third-order valence-corrected chi connectivity index (χ3v) is 3.82. The van der Waals surface area contributed by atoms with Gasteiger partial charge in [-0.15, -0.1) is 15.3 Å². The van der Waals surface area contributed by atoms with E-state index in [1.54, 1.807) is 25.1 Å². The molecule has 0 saturated heterocycles. The van der Waals surface area contributed by atoms with Crippen molar-refractivity contribution in [3.63, 3.8) is 0 Å². The van der Waals surface area contributed by atoms with Gasteiger partial charge in [-0.3, -0.25) is 0 Å². The van der Waals surface area contributed by atoms with Crippen molar-refractivity contribution < 1.29 is 8.42 Å². The van der Waals surface area contributed by atoms with E-state index in [4.69, 9.17) is 17.3 Å². The van der Waals surface area contributed by atoms with Crippen LogP contribution in [0.3, 0.4) is 0 Å². The van der Waals surface area contributed by atoms with Gasteiger partial charge in [0.25, 0.3) is 0 Å². The number of sulfone groups is 1. The number of anilines is 2. The monoisotopic (exact) mass is 316 g/mol. The second-order valence-corrected chi connectivity index (χ2v) is 6.67. The molecule has 2 aromatic rings. The Morgan fingerprint density at radius 3 is 2.35 bits per heavy atom. The summed E-state index contributed by atoms with van der Waals surface area (Å²) in [6, 6.07) is 3.06. The first-order valence-corrected chi connectivity index (χ1v) is 7.74. The number of hydrogen-bond acceptors (Lipinski definition) is 7. The molecule has 0 aliphatic rings. The number of nitrogen functional groups attached to an aromatic ring is 1. The predicted octanol–water partition coefficient (Wildman–Crippen LogP) is 0.367. The van der Waals surface area contributed by atoms with Crippen molar-refractivity contribution in [3.8, 4) is 5.82 Å². The van der Waals surface area contributed by atoms with Gasteiger partial charge in [0.05, 0.1) is 0 Å². The molecule has 2 N–H and O–H groups in total. The molecule has 2 rings (SSSR count). The number of rotatable bonds is 3. The first kappa shape index (κ1) is 14.5. The molecule has 20 heavy (non-hydrogen) atoms. The van der Waals surface area contributed by atoms with Crippen molar-refractivity contribution in [3.05, 3.63) is 17.3 Å². The molecule has 0 spiro atoms. The predicted molar refractivity (Wildman–Crippen MR) is 76.0 cm³/mol. The molecule has 10 heteroatoms. The second kappa shape index (κ2) is 4.91. The summed E-state index contributed by atoms with van der Waals surface area (Å²) in [5, 5.41) is 11.9. The highest BCUT2D eigenvalue weighted by atomic mass is 35.5. The van der Waals surface area contributed by atoms with E-state index in [-0.39, 0.29) is 27.5 Å². The number of hydrogen-bond donors (Lipinski definition) is 1. The zero-order chi connectivity index (χ0) is 15.1. The zero-order valence-electron chi connectivity index (χ0n) is 11.1. The van der Waals surface area contributed by atoms with E-state index in [0.717, 1.165) is 6.26 Å². The molecule has 8 nitrogen and oxygen atoms in total. The molecule has 0 saturated carbocycles. The minimum atomic E-state index is -3.53. The summed E-state index contributed by atoms with van der Waals surface area (Å²) < 4.78 is 24.9. The van der Waals surface area contributed by atoms with Gasteiger partial charge in [-0.05, 0) is 12.1 Å². The van der Waals surface area contributed by atoms with Gasteiger partial charge in [0, 0.05) is 20.4 Å². The fraction of sp³-hybridized carbons (Fsp3) is 0.300. The minimum absolute atomic E-state index is 0.0205. The van der Waals surface area contributed by atoms with Crippen LogP contribution in [0.4, 0.5) is 11.6 Å². The molecule has 0 bridgehead atoms. The lowest BCUT2D eigenvalue weighted by Crippen LogP contribution is -2.13. The summed E-state index contributed by atoms with van der Waals surface area (Å²) in [5.74, 6) is 0.500. The standard InChI is InChI=1S/C10H13ClN6O2S/c1-16(2)10-8(20(3,18)19)9(12)17(15-10)7-5-4-6(11)13-14-7/h4-5H,12H2,1-3H3. The van der Waals surface area contributed by atoms with Crippen LogP contribution in [0.15, 0.2) is 17.0 Å². The maximum atomic E-state index is 11.9. The van der Waals surface area contributed by atoms with E-state index in [1.165, 1.54) is 10.7 Å². The summed E-state index contributed by atoms with van der Waals surface area (Å²) in [7, 11) is -0.179. The maximum absolute atomic E-state index is 11.9. The van der Waals surface area contributed by atoms with Crippen LogP contribution in [0.5, 0.6) is 0 Å². The normalized spacial score (nSPS) is 11.6. The molecule has 0 aliphatic carbocycles. The van der Waals surface area contributed by atoms with Crippen molar-refractivity contribution in [2.75, 3.05) is 31.0 Å². The van der Waals surface area contributed by atoms with Crippen LogP contribution in [0, 0.1) is 0 Å². The number of aromatic nitrogens is 4. The first-order valence-electron chi connectivity index (χ1n) is 5.47. The minimum Gasteiger partial charge on any atom is -0.382 e. The Bertz CT molecular complexity index is 738. The van der Waals surface area contributed by atoms with E-state index < -0.39 is 9.84 Å². The van der Waals surface area contributed by atoms with Crippen molar-refractivity contribution in [1.29, 1.82) is 0 Å². The molecule has 0 unspecified atom stereocenters. The van der Waals surface area contributed by atoms with Crippen LogP contribution < -0.4 is 10.6 Å². The second-order valence-electron chi connectivity index (χ2n) is 4.33. The number of nitrogens with zero attached hydrogens (tertiary/aromatic N) is 5. The Kier molecular flexibility index (Phi) is 3.57. The van der Waals surface area contributed by atoms with Crippen LogP contribution >= 0.6 is 11.6 Å².